The van der Waals surface area contributed by atoms with Crippen LogP contribution in [0.25, 0.3) is 0 Å². The zero-order chi connectivity index (χ0) is 9.68. The van der Waals surface area contributed by atoms with Crippen LogP contribution in [0.1, 0.15) is 26.7 Å². The van der Waals surface area contributed by atoms with E-state index in [2.05, 4.69) is 43.9 Å². The van der Waals surface area contributed by atoms with Gasteiger partial charge in [-0.3, -0.25) is 0 Å². The molecule has 0 spiro atoms. The Kier molecular flexibility index (Phi) is 3.75. The molecule has 0 nitrogen and oxygen atoms in total. The lowest BCUT2D eigenvalue weighted by Gasteiger charge is -2.21. The van der Waals surface area contributed by atoms with Crippen LogP contribution in [0.3, 0.4) is 0 Å². The summed E-state index contributed by atoms with van der Waals surface area (Å²) in [6.07, 6.45) is 13.1. The van der Waals surface area contributed by atoms with E-state index in [1.54, 1.807) is 0 Å². The molecule has 0 aromatic heterocycles. The molecule has 13 heavy (non-hydrogen) atoms. The Morgan fingerprint density at radius 1 is 1.62 bits per heavy atom. The van der Waals surface area contributed by atoms with Gasteiger partial charge in [0.1, 0.15) is 0 Å². The summed E-state index contributed by atoms with van der Waals surface area (Å²) in [5, 5.41) is 0. The van der Waals surface area contributed by atoms with Gasteiger partial charge in [-0.15, -0.1) is 0 Å². The zero-order valence-corrected chi connectivity index (χ0v) is 8.59. The number of rotatable bonds is 2. The third kappa shape index (κ3) is 2.45. The fourth-order valence-corrected chi connectivity index (χ4v) is 1.69. The molecule has 70 valence electrons. The van der Waals surface area contributed by atoms with Crippen molar-refractivity contribution in [2.75, 3.05) is 0 Å². The van der Waals surface area contributed by atoms with Crippen LogP contribution in [-0.4, -0.2) is 0 Å². The molecule has 0 aliphatic heterocycles. The van der Waals surface area contributed by atoms with Crippen molar-refractivity contribution in [3.8, 4) is 0 Å². The van der Waals surface area contributed by atoms with Crippen LogP contribution in [-0.2, 0) is 0 Å². The maximum Gasteiger partial charge on any atom is -0.0124 e. The molecular formula is C13H18. The van der Waals surface area contributed by atoms with Gasteiger partial charge in [0.2, 0.25) is 0 Å². The predicted molar refractivity (Wildman–Crippen MR) is 59.6 cm³/mol. The van der Waals surface area contributed by atoms with E-state index in [1.807, 2.05) is 6.92 Å². The molecule has 0 N–H and O–H groups in total. The topological polar surface area (TPSA) is 0 Å². The van der Waals surface area contributed by atoms with Crippen molar-refractivity contribution in [3.63, 3.8) is 0 Å². The molecule has 1 aliphatic carbocycles. The summed E-state index contributed by atoms with van der Waals surface area (Å²) < 4.78 is 0. The van der Waals surface area contributed by atoms with E-state index in [0.29, 0.717) is 5.92 Å². The normalized spacial score (nSPS) is 26.2. The molecule has 1 rings (SSSR count). The van der Waals surface area contributed by atoms with E-state index in [1.165, 1.54) is 24.0 Å². The largest absolute Gasteiger partial charge is 0.0915 e. The minimum absolute atomic E-state index is 0.675. The summed E-state index contributed by atoms with van der Waals surface area (Å²) in [5.74, 6) is 0.675. The van der Waals surface area contributed by atoms with Crippen LogP contribution >= 0.6 is 0 Å². The second-order valence-electron chi connectivity index (χ2n) is 3.42. The second kappa shape index (κ2) is 4.86. The van der Waals surface area contributed by atoms with Gasteiger partial charge in [0.05, 0.1) is 0 Å². The maximum absolute atomic E-state index is 4.06. The standard InChI is InChI=1S/C13H18/c1-4-6-10-13-11(3)8-7-9-12(13)5-2/h4,6-8,10,12H,3,5,9H2,1-2H3/b6-4-,13-10+/t12-/m1/s1. The molecule has 0 bridgehead atoms. The van der Waals surface area contributed by atoms with Crippen LogP contribution in [0.5, 0.6) is 0 Å². The van der Waals surface area contributed by atoms with Crippen LogP contribution in [0.15, 0.2) is 48.1 Å². The van der Waals surface area contributed by atoms with Gasteiger partial charge < -0.3 is 0 Å². The number of allylic oxidation sites excluding steroid dienone is 7. The van der Waals surface area contributed by atoms with Crippen LogP contribution in [0.2, 0.25) is 0 Å². The lowest BCUT2D eigenvalue weighted by Crippen LogP contribution is -2.06. The highest BCUT2D eigenvalue weighted by Crippen LogP contribution is 2.30. The van der Waals surface area contributed by atoms with E-state index in [4.69, 9.17) is 0 Å². The van der Waals surface area contributed by atoms with Crippen molar-refractivity contribution in [2.24, 2.45) is 5.92 Å². The first-order valence-corrected chi connectivity index (χ1v) is 4.98. The second-order valence-corrected chi connectivity index (χ2v) is 3.42. The smallest absolute Gasteiger partial charge is 0.0124 e. The van der Waals surface area contributed by atoms with Gasteiger partial charge in [-0.05, 0) is 36.8 Å². The van der Waals surface area contributed by atoms with Crippen molar-refractivity contribution >= 4 is 0 Å². The highest BCUT2D eigenvalue weighted by Gasteiger charge is 2.15. The molecule has 1 aliphatic rings. The van der Waals surface area contributed by atoms with Gasteiger partial charge in [0, 0.05) is 0 Å². The first kappa shape index (κ1) is 10.0. The predicted octanol–water partition coefficient (Wildman–Crippen LogP) is 4.03. The summed E-state index contributed by atoms with van der Waals surface area (Å²) in [5.41, 5.74) is 2.58. The zero-order valence-electron chi connectivity index (χ0n) is 8.59. The first-order chi connectivity index (χ1) is 6.29. The van der Waals surface area contributed by atoms with Crippen LogP contribution < -0.4 is 0 Å². The van der Waals surface area contributed by atoms with Gasteiger partial charge in [-0.25, -0.2) is 0 Å². The monoisotopic (exact) mass is 174 g/mol. The van der Waals surface area contributed by atoms with Gasteiger partial charge in [-0.1, -0.05) is 43.9 Å². The third-order valence-electron chi connectivity index (χ3n) is 2.51. The average Bonchev–Trinajstić information content (AvgIpc) is 2.15. The first-order valence-electron chi connectivity index (χ1n) is 4.98. The van der Waals surface area contributed by atoms with Crippen molar-refractivity contribution < 1.29 is 0 Å². The van der Waals surface area contributed by atoms with Gasteiger partial charge in [0.15, 0.2) is 0 Å². The Morgan fingerprint density at radius 2 is 2.38 bits per heavy atom. The summed E-state index contributed by atoms with van der Waals surface area (Å²) in [4.78, 5) is 0. The Bertz CT molecular complexity index is 264. The minimum Gasteiger partial charge on any atom is -0.0915 e. The molecular weight excluding hydrogens is 156 g/mol. The van der Waals surface area contributed by atoms with E-state index >= 15 is 0 Å². The highest BCUT2D eigenvalue weighted by atomic mass is 14.2. The third-order valence-corrected chi connectivity index (χ3v) is 2.51. The molecule has 0 aromatic rings. The Labute approximate surface area is 81.4 Å². The van der Waals surface area contributed by atoms with Crippen LogP contribution in [0.4, 0.5) is 0 Å². The van der Waals surface area contributed by atoms with E-state index in [-0.39, 0.29) is 0 Å². The maximum atomic E-state index is 4.06. The lowest BCUT2D eigenvalue weighted by molar-refractivity contribution is 0.600. The van der Waals surface area contributed by atoms with Crippen molar-refractivity contribution in [1.82, 2.24) is 0 Å². The Morgan fingerprint density at radius 3 is 3.00 bits per heavy atom. The minimum atomic E-state index is 0.675. The van der Waals surface area contributed by atoms with Crippen molar-refractivity contribution in [1.29, 1.82) is 0 Å². The van der Waals surface area contributed by atoms with E-state index in [0.717, 1.165) is 0 Å². The van der Waals surface area contributed by atoms with Crippen LogP contribution in [0, 0.1) is 5.92 Å². The fourth-order valence-electron chi connectivity index (χ4n) is 1.69. The average molecular weight is 174 g/mol. The molecule has 0 saturated heterocycles. The number of hydrogen-bond acceptors (Lipinski definition) is 0. The molecule has 1 atom stereocenters. The van der Waals surface area contributed by atoms with Gasteiger partial charge in [0.25, 0.3) is 0 Å². The molecule has 0 unspecified atom stereocenters. The van der Waals surface area contributed by atoms with Crippen molar-refractivity contribution in [2.45, 2.75) is 26.7 Å². The summed E-state index contributed by atoms with van der Waals surface area (Å²) in [6.45, 7) is 8.34. The molecule has 0 amide bonds. The molecule has 0 radical (unpaired) electrons. The van der Waals surface area contributed by atoms with Gasteiger partial charge >= 0.3 is 0 Å². The van der Waals surface area contributed by atoms with Crippen molar-refractivity contribution in [3.05, 3.63) is 48.1 Å². The molecule has 0 heteroatoms. The molecule has 0 fully saturated rings. The van der Waals surface area contributed by atoms with E-state index < -0.39 is 0 Å². The fraction of sp³-hybridized carbons (Fsp3) is 0.385. The highest BCUT2D eigenvalue weighted by molar-refractivity contribution is 5.43. The SMILES string of the molecule is C=C1C=CC[C@@H](CC)/C1=C/C=C\C. The summed E-state index contributed by atoms with van der Waals surface area (Å²) in [7, 11) is 0. The van der Waals surface area contributed by atoms with E-state index in [9.17, 15) is 0 Å². The quantitative estimate of drug-likeness (QED) is 0.593. The van der Waals surface area contributed by atoms with Gasteiger partial charge in [-0.2, -0.15) is 0 Å². The Hall–Kier alpha value is -1.04. The lowest BCUT2D eigenvalue weighted by atomic mass is 9.84. The molecule has 0 heterocycles. The molecule has 0 saturated carbocycles. The molecule has 0 aromatic carbocycles. The number of hydrogen-bond donors (Lipinski definition) is 0. The summed E-state index contributed by atoms with van der Waals surface area (Å²) >= 11 is 0. The Balaban J connectivity index is 2.88. The summed E-state index contributed by atoms with van der Waals surface area (Å²) in [6, 6.07) is 0.